The van der Waals surface area contributed by atoms with Crippen molar-refractivity contribution in [1.82, 2.24) is 15.0 Å². The summed E-state index contributed by atoms with van der Waals surface area (Å²) in [5, 5.41) is 25.8. The fraction of sp³-hybridized carbons (Fsp3) is 0.500. The summed E-state index contributed by atoms with van der Waals surface area (Å²) in [4.78, 5) is 13.2. The van der Waals surface area contributed by atoms with Crippen LogP contribution in [0, 0.1) is 16.7 Å². The summed E-state index contributed by atoms with van der Waals surface area (Å²) in [7, 11) is 0. The number of aliphatic hydroxyl groups excluding tert-OH is 1. The maximum Gasteiger partial charge on any atom is 0.224 e. The Morgan fingerprint density at radius 3 is 2.78 bits per heavy atom. The van der Waals surface area contributed by atoms with Gasteiger partial charge in [-0.1, -0.05) is 33.8 Å². The maximum atomic E-state index is 9.93. The Kier molecular flexibility index (Phi) is 5.29. The lowest BCUT2D eigenvalue weighted by Gasteiger charge is -2.49. The molecule has 3 rings (SSSR count). The molecule has 1 fully saturated rings. The Bertz CT molecular complexity index is 858. The smallest absolute Gasteiger partial charge is 0.224 e. The van der Waals surface area contributed by atoms with Crippen LogP contribution >= 0.6 is 0 Å². The fourth-order valence-electron chi connectivity index (χ4n) is 3.27. The van der Waals surface area contributed by atoms with Crippen molar-refractivity contribution < 1.29 is 5.11 Å². The van der Waals surface area contributed by atoms with E-state index in [1.807, 2.05) is 26.0 Å². The van der Waals surface area contributed by atoms with Crippen molar-refractivity contribution in [2.24, 2.45) is 5.41 Å². The van der Waals surface area contributed by atoms with Crippen LogP contribution < -0.4 is 10.6 Å². The van der Waals surface area contributed by atoms with Gasteiger partial charge in [0, 0.05) is 29.9 Å². The molecule has 2 heterocycles. The molecule has 2 atom stereocenters. The van der Waals surface area contributed by atoms with Gasteiger partial charge in [-0.25, -0.2) is 4.98 Å². The topological polar surface area (TPSA) is 107 Å². The molecular weight excluding hydrogens is 340 g/mol. The summed E-state index contributed by atoms with van der Waals surface area (Å²) in [5.74, 6) is 1.28. The zero-order valence-corrected chi connectivity index (χ0v) is 16.2. The van der Waals surface area contributed by atoms with Gasteiger partial charge in [-0.15, -0.1) is 0 Å². The van der Waals surface area contributed by atoms with Crippen molar-refractivity contribution in [1.29, 1.82) is 5.26 Å². The quantitative estimate of drug-likeness (QED) is 0.721. The predicted molar refractivity (Wildman–Crippen MR) is 104 cm³/mol. The van der Waals surface area contributed by atoms with Crippen LogP contribution in [0.25, 0.3) is 0 Å². The standard InChI is InChI=1S/C20H26N6O/c1-12(2)17-13(6-5-7-22-17)10-23-19-24-11-14(9-21)18(26-19)25-15-8-16(27)20(15,3)4/h5-7,11-12,15-16,27H,8,10H2,1-4H3,(H2,23,24,25,26)/t15-,16+/m1/s1. The third-order valence-electron chi connectivity index (χ3n) is 5.35. The van der Waals surface area contributed by atoms with Gasteiger partial charge in [0.1, 0.15) is 17.5 Å². The summed E-state index contributed by atoms with van der Waals surface area (Å²) in [6.07, 6.45) is 3.61. The van der Waals surface area contributed by atoms with Crippen LogP contribution in [0.2, 0.25) is 0 Å². The molecule has 0 aromatic carbocycles. The molecule has 0 radical (unpaired) electrons. The van der Waals surface area contributed by atoms with Gasteiger partial charge in [-0.3, -0.25) is 4.98 Å². The van der Waals surface area contributed by atoms with Gasteiger partial charge in [0.2, 0.25) is 5.95 Å². The Labute approximate surface area is 159 Å². The molecular formula is C20H26N6O. The molecule has 0 bridgehead atoms. The minimum atomic E-state index is -0.347. The van der Waals surface area contributed by atoms with Gasteiger partial charge >= 0.3 is 0 Å². The summed E-state index contributed by atoms with van der Waals surface area (Å²) in [6.45, 7) is 8.78. The number of anilines is 2. The lowest BCUT2D eigenvalue weighted by Crippen LogP contribution is -2.57. The zero-order chi connectivity index (χ0) is 19.6. The van der Waals surface area contributed by atoms with E-state index in [4.69, 9.17) is 0 Å². The SMILES string of the molecule is CC(C)c1ncccc1CNc1ncc(C#N)c(N[C@@H]2C[C@H](O)C2(C)C)n1. The second-order valence-corrected chi connectivity index (χ2v) is 7.89. The lowest BCUT2D eigenvalue weighted by molar-refractivity contribution is -0.0511. The first-order chi connectivity index (χ1) is 12.8. The molecule has 2 aromatic rings. The molecule has 7 heteroatoms. The first kappa shape index (κ1) is 19.1. The number of nitrogens with zero attached hydrogens (tertiary/aromatic N) is 4. The molecule has 1 aliphatic rings. The summed E-state index contributed by atoms with van der Waals surface area (Å²) in [5.41, 5.74) is 2.27. The largest absolute Gasteiger partial charge is 0.392 e. The van der Waals surface area contributed by atoms with E-state index in [2.05, 4.69) is 45.5 Å². The van der Waals surface area contributed by atoms with Crippen LogP contribution in [0.5, 0.6) is 0 Å². The highest BCUT2D eigenvalue weighted by Gasteiger charge is 2.47. The first-order valence-electron chi connectivity index (χ1n) is 9.22. The monoisotopic (exact) mass is 366 g/mol. The van der Waals surface area contributed by atoms with Crippen molar-refractivity contribution in [3.05, 3.63) is 41.3 Å². The number of pyridine rings is 1. The van der Waals surface area contributed by atoms with E-state index in [0.717, 1.165) is 11.3 Å². The van der Waals surface area contributed by atoms with Gasteiger partial charge in [0.25, 0.3) is 0 Å². The number of rotatable bonds is 6. The average Bonchev–Trinajstić information content (AvgIpc) is 2.66. The molecule has 0 unspecified atom stereocenters. The van der Waals surface area contributed by atoms with Gasteiger partial charge in [-0.05, 0) is 24.0 Å². The van der Waals surface area contributed by atoms with Crippen molar-refractivity contribution >= 4 is 11.8 Å². The molecule has 0 aliphatic heterocycles. The van der Waals surface area contributed by atoms with E-state index in [0.29, 0.717) is 36.2 Å². The van der Waals surface area contributed by atoms with E-state index >= 15 is 0 Å². The molecule has 0 spiro atoms. The van der Waals surface area contributed by atoms with Crippen molar-refractivity contribution in [3.8, 4) is 6.07 Å². The zero-order valence-electron chi connectivity index (χ0n) is 16.2. The van der Waals surface area contributed by atoms with Crippen molar-refractivity contribution in [2.75, 3.05) is 10.6 Å². The molecule has 142 valence electrons. The normalized spacial score (nSPS) is 20.6. The number of nitrogens with one attached hydrogen (secondary N) is 2. The molecule has 27 heavy (non-hydrogen) atoms. The molecule has 2 aromatic heterocycles. The van der Waals surface area contributed by atoms with E-state index < -0.39 is 0 Å². The van der Waals surface area contributed by atoms with Gasteiger partial charge < -0.3 is 15.7 Å². The van der Waals surface area contributed by atoms with E-state index in [1.165, 1.54) is 6.20 Å². The minimum Gasteiger partial charge on any atom is -0.392 e. The van der Waals surface area contributed by atoms with Crippen molar-refractivity contribution in [3.63, 3.8) is 0 Å². The second-order valence-electron chi connectivity index (χ2n) is 7.89. The van der Waals surface area contributed by atoms with E-state index in [9.17, 15) is 10.4 Å². The Hall–Kier alpha value is -2.72. The van der Waals surface area contributed by atoms with Crippen LogP contribution in [-0.2, 0) is 6.54 Å². The molecule has 1 saturated carbocycles. The number of aliphatic hydroxyl groups is 1. The number of hydrogen-bond donors (Lipinski definition) is 3. The molecule has 0 saturated heterocycles. The molecule has 3 N–H and O–H groups in total. The number of aromatic nitrogens is 3. The molecule has 1 aliphatic carbocycles. The number of nitriles is 1. The van der Waals surface area contributed by atoms with Gasteiger partial charge in [0.05, 0.1) is 12.3 Å². The number of hydrogen-bond acceptors (Lipinski definition) is 7. The summed E-state index contributed by atoms with van der Waals surface area (Å²) >= 11 is 0. The van der Waals surface area contributed by atoms with Crippen LogP contribution in [-0.4, -0.2) is 32.2 Å². The van der Waals surface area contributed by atoms with Crippen LogP contribution in [0.15, 0.2) is 24.5 Å². The van der Waals surface area contributed by atoms with Gasteiger partial charge in [0.15, 0.2) is 0 Å². The lowest BCUT2D eigenvalue weighted by atomic mass is 9.64. The third-order valence-corrected chi connectivity index (χ3v) is 5.35. The average molecular weight is 366 g/mol. The van der Waals surface area contributed by atoms with Crippen LogP contribution in [0.3, 0.4) is 0 Å². The Morgan fingerprint density at radius 2 is 2.15 bits per heavy atom. The Morgan fingerprint density at radius 1 is 1.37 bits per heavy atom. The maximum absolute atomic E-state index is 9.93. The fourth-order valence-corrected chi connectivity index (χ4v) is 3.27. The predicted octanol–water partition coefficient (Wildman–Crippen LogP) is 3.05. The third kappa shape index (κ3) is 3.86. The summed E-state index contributed by atoms with van der Waals surface area (Å²) < 4.78 is 0. The van der Waals surface area contributed by atoms with E-state index in [1.54, 1.807) is 6.20 Å². The highest BCUT2D eigenvalue weighted by atomic mass is 16.3. The minimum absolute atomic E-state index is 0.0632. The van der Waals surface area contributed by atoms with Gasteiger partial charge in [-0.2, -0.15) is 10.2 Å². The summed E-state index contributed by atoms with van der Waals surface area (Å²) in [6, 6.07) is 6.14. The molecule has 7 nitrogen and oxygen atoms in total. The van der Waals surface area contributed by atoms with Crippen LogP contribution in [0.4, 0.5) is 11.8 Å². The highest BCUT2D eigenvalue weighted by molar-refractivity contribution is 5.54. The second kappa shape index (κ2) is 7.49. The highest BCUT2D eigenvalue weighted by Crippen LogP contribution is 2.42. The first-order valence-corrected chi connectivity index (χ1v) is 9.22. The van der Waals surface area contributed by atoms with Crippen molar-refractivity contribution in [2.45, 2.75) is 58.7 Å². The van der Waals surface area contributed by atoms with E-state index in [-0.39, 0.29) is 17.6 Å². The Balaban J connectivity index is 1.75. The van der Waals surface area contributed by atoms with Crippen LogP contribution in [0.1, 0.15) is 56.9 Å². The molecule has 0 amide bonds.